The van der Waals surface area contributed by atoms with Crippen LogP contribution in [0, 0.1) is 6.92 Å². The Morgan fingerprint density at radius 1 is 1.29 bits per heavy atom. The zero-order valence-electron chi connectivity index (χ0n) is 13.3. The Balaban J connectivity index is 1.67. The molecule has 0 spiro atoms. The number of carbonyl (C=O) groups is 1. The Kier molecular flexibility index (Phi) is 3.49. The Morgan fingerprint density at radius 2 is 2.12 bits per heavy atom. The zero-order chi connectivity index (χ0) is 16.7. The summed E-state index contributed by atoms with van der Waals surface area (Å²) < 4.78 is 10.8. The van der Waals surface area contributed by atoms with Crippen molar-refractivity contribution in [2.24, 2.45) is 0 Å². The van der Waals surface area contributed by atoms with Crippen molar-refractivity contribution in [2.75, 3.05) is 0 Å². The topological polar surface area (TPSA) is 72.5 Å². The highest BCUT2D eigenvalue weighted by Crippen LogP contribution is 2.33. The molecular formula is C19H17NO4. The molecule has 1 N–H and O–H groups in total. The molecule has 1 aliphatic rings. The van der Waals surface area contributed by atoms with Crippen LogP contribution in [0.25, 0.3) is 11.0 Å². The molecule has 1 unspecified atom stereocenters. The largest absolute Gasteiger partial charge is 0.469 e. The molecule has 0 bridgehead atoms. The number of hydrogen-bond acceptors (Lipinski definition) is 4. The molecule has 0 radical (unpaired) electrons. The summed E-state index contributed by atoms with van der Waals surface area (Å²) in [5.41, 5.74) is 1.96. The lowest BCUT2D eigenvalue weighted by molar-refractivity contribution is 0.0928. The summed E-state index contributed by atoms with van der Waals surface area (Å²) in [4.78, 5) is 24.8. The number of fused-ring (bicyclic) bond motifs is 2. The Morgan fingerprint density at radius 3 is 3.00 bits per heavy atom. The molecule has 1 amide bonds. The first kappa shape index (κ1) is 14.8. The smallest absolute Gasteiger partial charge is 0.349 e. The molecule has 3 aromatic rings. The van der Waals surface area contributed by atoms with Crippen molar-refractivity contribution < 1.29 is 13.6 Å². The highest BCUT2D eigenvalue weighted by atomic mass is 16.4. The van der Waals surface area contributed by atoms with Crippen molar-refractivity contribution in [1.82, 2.24) is 5.32 Å². The number of nitrogens with one attached hydrogen (secondary N) is 1. The summed E-state index contributed by atoms with van der Waals surface area (Å²) in [5.74, 6) is 0.516. The summed E-state index contributed by atoms with van der Waals surface area (Å²) in [6, 6.07) is 8.60. The second-order valence-corrected chi connectivity index (χ2v) is 6.16. The van der Waals surface area contributed by atoms with Gasteiger partial charge in [-0.1, -0.05) is 18.2 Å². The van der Waals surface area contributed by atoms with Crippen LogP contribution in [0.4, 0.5) is 0 Å². The van der Waals surface area contributed by atoms with Crippen LogP contribution in [0.3, 0.4) is 0 Å². The van der Waals surface area contributed by atoms with Crippen molar-refractivity contribution in [1.29, 1.82) is 0 Å². The van der Waals surface area contributed by atoms with Gasteiger partial charge in [0.1, 0.15) is 16.9 Å². The number of benzene rings is 1. The lowest BCUT2D eigenvalue weighted by Gasteiger charge is -2.23. The van der Waals surface area contributed by atoms with Gasteiger partial charge in [-0.2, -0.15) is 0 Å². The number of para-hydroxylation sites is 1. The normalized spacial score (nSPS) is 16.8. The molecule has 2 heterocycles. The SMILES string of the molecule is Cc1coc2c1C(NC(=O)c1cc3ccccc3oc1=O)CCC2. The summed E-state index contributed by atoms with van der Waals surface area (Å²) in [7, 11) is 0. The van der Waals surface area contributed by atoms with Crippen molar-refractivity contribution in [3.05, 3.63) is 69.5 Å². The zero-order valence-corrected chi connectivity index (χ0v) is 13.3. The van der Waals surface area contributed by atoms with Gasteiger partial charge in [-0.3, -0.25) is 4.79 Å². The van der Waals surface area contributed by atoms with Crippen LogP contribution in [-0.4, -0.2) is 5.91 Å². The fourth-order valence-electron chi connectivity index (χ4n) is 3.38. The predicted octanol–water partition coefficient (Wildman–Crippen LogP) is 3.50. The lowest BCUT2D eigenvalue weighted by atomic mass is 9.90. The van der Waals surface area contributed by atoms with E-state index in [9.17, 15) is 9.59 Å². The molecule has 0 saturated carbocycles. The number of hydrogen-bond donors (Lipinski definition) is 1. The van der Waals surface area contributed by atoms with E-state index in [4.69, 9.17) is 8.83 Å². The van der Waals surface area contributed by atoms with E-state index in [1.54, 1.807) is 24.5 Å². The first-order valence-electron chi connectivity index (χ1n) is 8.04. The molecule has 1 aromatic carbocycles. The third-order valence-corrected chi connectivity index (χ3v) is 4.54. The van der Waals surface area contributed by atoms with Crippen molar-refractivity contribution in [2.45, 2.75) is 32.2 Å². The summed E-state index contributed by atoms with van der Waals surface area (Å²) >= 11 is 0. The molecule has 2 aromatic heterocycles. The number of furan rings is 1. The Bertz CT molecular complexity index is 982. The highest BCUT2D eigenvalue weighted by molar-refractivity contribution is 5.96. The molecule has 0 fully saturated rings. The van der Waals surface area contributed by atoms with E-state index in [0.29, 0.717) is 5.58 Å². The van der Waals surface area contributed by atoms with E-state index >= 15 is 0 Å². The number of rotatable bonds is 2. The number of carbonyl (C=O) groups excluding carboxylic acids is 1. The van der Waals surface area contributed by atoms with E-state index in [0.717, 1.165) is 41.5 Å². The highest BCUT2D eigenvalue weighted by Gasteiger charge is 2.27. The van der Waals surface area contributed by atoms with Crippen molar-refractivity contribution in [3.8, 4) is 0 Å². The van der Waals surface area contributed by atoms with Crippen LogP contribution in [-0.2, 0) is 6.42 Å². The minimum Gasteiger partial charge on any atom is -0.469 e. The average molecular weight is 323 g/mol. The van der Waals surface area contributed by atoms with Gasteiger partial charge in [-0.05, 0) is 37.5 Å². The van der Waals surface area contributed by atoms with E-state index < -0.39 is 11.5 Å². The van der Waals surface area contributed by atoms with E-state index in [1.807, 2.05) is 19.1 Å². The third kappa shape index (κ3) is 2.42. The predicted molar refractivity (Wildman–Crippen MR) is 89.1 cm³/mol. The minimum absolute atomic E-state index is 0.0296. The van der Waals surface area contributed by atoms with Gasteiger partial charge in [0.15, 0.2) is 0 Å². The van der Waals surface area contributed by atoms with Crippen LogP contribution in [0.15, 0.2) is 50.2 Å². The van der Waals surface area contributed by atoms with Gasteiger partial charge < -0.3 is 14.2 Å². The minimum atomic E-state index is -0.619. The third-order valence-electron chi connectivity index (χ3n) is 4.54. The summed E-state index contributed by atoms with van der Waals surface area (Å²) in [5, 5.41) is 3.69. The van der Waals surface area contributed by atoms with Gasteiger partial charge in [-0.25, -0.2) is 4.79 Å². The maximum absolute atomic E-state index is 12.6. The van der Waals surface area contributed by atoms with Crippen molar-refractivity contribution in [3.63, 3.8) is 0 Å². The first-order valence-corrected chi connectivity index (χ1v) is 8.04. The maximum atomic E-state index is 12.6. The molecule has 24 heavy (non-hydrogen) atoms. The summed E-state index contributed by atoms with van der Waals surface area (Å²) in [6.07, 6.45) is 4.38. The van der Waals surface area contributed by atoms with E-state index in [2.05, 4.69) is 5.32 Å². The second-order valence-electron chi connectivity index (χ2n) is 6.16. The van der Waals surface area contributed by atoms with Crippen LogP contribution >= 0.6 is 0 Å². The Hall–Kier alpha value is -2.82. The van der Waals surface area contributed by atoms with E-state index in [-0.39, 0.29) is 11.6 Å². The molecule has 4 rings (SSSR count). The molecule has 5 nitrogen and oxygen atoms in total. The standard InChI is InChI=1S/C19H17NO4/c1-11-10-23-16-8-4-6-14(17(11)16)20-18(21)13-9-12-5-2-3-7-15(12)24-19(13)22/h2-3,5,7,9-10,14H,4,6,8H2,1H3,(H,20,21). The van der Waals surface area contributed by atoms with Gasteiger partial charge in [0, 0.05) is 17.4 Å². The van der Waals surface area contributed by atoms with Gasteiger partial charge in [0.25, 0.3) is 5.91 Å². The van der Waals surface area contributed by atoms with Crippen LogP contribution in [0.1, 0.15) is 46.1 Å². The van der Waals surface area contributed by atoms with Crippen LogP contribution in [0.5, 0.6) is 0 Å². The maximum Gasteiger partial charge on any atom is 0.349 e. The average Bonchev–Trinajstić information content (AvgIpc) is 2.96. The van der Waals surface area contributed by atoms with Crippen LogP contribution in [0.2, 0.25) is 0 Å². The van der Waals surface area contributed by atoms with Gasteiger partial charge in [0.05, 0.1) is 12.3 Å². The second kappa shape index (κ2) is 5.67. The molecule has 0 aliphatic heterocycles. The fraction of sp³-hybridized carbons (Fsp3) is 0.263. The van der Waals surface area contributed by atoms with E-state index in [1.165, 1.54) is 0 Å². The lowest BCUT2D eigenvalue weighted by Crippen LogP contribution is -2.33. The Labute approximate surface area is 138 Å². The molecular weight excluding hydrogens is 306 g/mol. The molecule has 1 aliphatic carbocycles. The van der Waals surface area contributed by atoms with Gasteiger partial charge in [0.2, 0.25) is 0 Å². The summed E-state index contributed by atoms with van der Waals surface area (Å²) in [6.45, 7) is 1.97. The van der Waals surface area contributed by atoms with Crippen LogP contribution < -0.4 is 10.9 Å². The monoisotopic (exact) mass is 323 g/mol. The quantitative estimate of drug-likeness (QED) is 0.733. The number of amides is 1. The van der Waals surface area contributed by atoms with Crippen molar-refractivity contribution >= 4 is 16.9 Å². The van der Waals surface area contributed by atoms with Gasteiger partial charge in [-0.15, -0.1) is 0 Å². The molecule has 0 saturated heterocycles. The molecule has 122 valence electrons. The fourth-order valence-corrected chi connectivity index (χ4v) is 3.38. The first-order chi connectivity index (χ1) is 11.6. The van der Waals surface area contributed by atoms with Gasteiger partial charge >= 0.3 is 5.63 Å². The number of aryl methyl sites for hydroxylation is 2. The molecule has 1 atom stereocenters. The molecule has 5 heteroatoms.